The zero-order chi connectivity index (χ0) is 38.1. The molecule has 0 aliphatic heterocycles. The molecule has 11 rings (SSSR count). The number of hydrogen-bond donors (Lipinski definition) is 0. The van der Waals surface area contributed by atoms with Crippen LogP contribution in [0.15, 0.2) is 200 Å². The van der Waals surface area contributed by atoms with Gasteiger partial charge in [0.05, 0.1) is 5.69 Å². The number of nitrogens with zero attached hydrogens (tertiary/aromatic N) is 1. The van der Waals surface area contributed by atoms with Crippen molar-refractivity contribution in [1.82, 2.24) is 0 Å². The van der Waals surface area contributed by atoms with Crippen LogP contribution in [0.3, 0.4) is 0 Å². The molecule has 0 saturated heterocycles. The topological polar surface area (TPSA) is 3.24 Å². The molecule has 1 aliphatic rings. The van der Waals surface area contributed by atoms with Gasteiger partial charge >= 0.3 is 0 Å². The lowest BCUT2D eigenvalue weighted by molar-refractivity contribution is 0.662. The molecule has 9 aromatic carbocycles. The van der Waals surface area contributed by atoms with Crippen LogP contribution in [0.2, 0.25) is 0 Å². The summed E-state index contributed by atoms with van der Waals surface area (Å²) in [4.78, 5) is 2.44. The molecule has 0 fully saturated rings. The molecule has 2 heteroatoms. The highest BCUT2D eigenvalue weighted by Gasteiger charge is 2.37. The number of benzene rings is 9. The molecule has 0 atom stereocenters. The summed E-state index contributed by atoms with van der Waals surface area (Å²) in [5.74, 6) is 0. The Morgan fingerprint density at radius 1 is 0.386 bits per heavy atom. The van der Waals surface area contributed by atoms with E-state index in [-0.39, 0.29) is 5.41 Å². The summed E-state index contributed by atoms with van der Waals surface area (Å²) in [7, 11) is 0. The van der Waals surface area contributed by atoms with Crippen LogP contribution in [0.4, 0.5) is 17.1 Å². The fraction of sp³-hybridized carbons (Fsp3) is 0.0545. The first-order valence-corrected chi connectivity index (χ1v) is 20.6. The second-order valence-corrected chi connectivity index (χ2v) is 16.7. The number of rotatable bonds is 6. The van der Waals surface area contributed by atoms with E-state index in [0.29, 0.717) is 0 Å². The van der Waals surface area contributed by atoms with Crippen LogP contribution < -0.4 is 4.90 Å². The van der Waals surface area contributed by atoms with Gasteiger partial charge in [0.1, 0.15) is 0 Å². The van der Waals surface area contributed by atoms with Crippen molar-refractivity contribution in [2.24, 2.45) is 0 Å². The van der Waals surface area contributed by atoms with Crippen LogP contribution in [0.25, 0.3) is 75.5 Å². The summed E-state index contributed by atoms with van der Waals surface area (Å²) in [6.45, 7) is 4.74. The summed E-state index contributed by atoms with van der Waals surface area (Å²) in [5, 5.41) is 5.13. The molecular weight excluding hydrogens is 707 g/mol. The quantitative estimate of drug-likeness (QED) is 0.164. The van der Waals surface area contributed by atoms with E-state index in [2.05, 4.69) is 219 Å². The van der Waals surface area contributed by atoms with E-state index in [1.807, 2.05) is 11.3 Å². The van der Waals surface area contributed by atoms with Crippen LogP contribution >= 0.6 is 11.3 Å². The Kier molecular flexibility index (Phi) is 7.77. The molecule has 1 aliphatic carbocycles. The van der Waals surface area contributed by atoms with Gasteiger partial charge in [-0.3, -0.25) is 0 Å². The van der Waals surface area contributed by atoms with Gasteiger partial charge < -0.3 is 4.90 Å². The van der Waals surface area contributed by atoms with Gasteiger partial charge in [0.25, 0.3) is 0 Å². The van der Waals surface area contributed by atoms with Gasteiger partial charge in [-0.2, -0.15) is 0 Å². The minimum Gasteiger partial charge on any atom is -0.310 e. The standard InChI is InChI=1S/C55H39NS/c1-55(2)49-24-8-5-17-44(49)47-23-12-21-43(54(47)55)38-30-34-40(35-31-38)56(39-32-28-37(29-33-39)42-20-11-15-36-14-3-4-16-41(36)42)50-25-9-6-18-45(50)46-22-13-27-52-53(46)48-19-7-10-26-51(48)57-52/h3-35H,1-2H3. The molecule has 0 unspecified atom stereocenters. The lowest BCUT2D eigenvalue weighted by atomic mass is 9.79. The Bertz CT molecular complexity index is 3140. The third-order valence-corrected chi connectivity index (χ3v) is 13.2. The minimum absolute atomic E-state index is 0.0924. The van der Waals surface area contributed by atoms with Gasteiger partial charge in [-0.25, -0.2) is 0 Å². The fourth-order valence-electron chi connectivity index (χ4n) is 9.47. The zero-order valence-corrected chi connectivity index (χ0v) is 32.7. The molecule has 0 radical (unpaired) electrons. The van der Waals surface area contributed by atoms with E-state index in [4.69, 9.17) is 0 Å². The third-order valence-electron chi connectivity index (χ3n) is 12.1. The molecule has 1 nitrogen and oxygen atoms in total. The molecule has 0 bridgehead atoms. The highest BCUT2D eigenvalue weighted by Crippen LogP contribution is 2.52. The largest absolute Gasteiger partial charge is 0.310 e. The zero-order valence-electron chi connectivity index (χ0n) is 31.9. The number of fused-ring (bicyclic) bond motifs is 7. The van der Waals surface area contributed by atoms with Crippen LogP contribution in [-0.4, -0.2) is 0 Å². The second kappa shape index (κ2) is 13.2. The van der Waals surface area contributed by atoms with Gasteiger partial charge in [-0.15, -0.1) is 11.3 Å². The van der Waals surface area contributed by atoms with Crippen LogP contribution in [0, 0.1) is 0 Å². The second-order valence-electron chi connectivity index (χ2n) is 15.6. The lowest BCUT2D eigenvalue weighted by Crippen LogP contribution is -2.16. The third kappa shape index (κ3) is 5.36. The maximum atomic E-state index is 2.44. The number of thiophene rings is 1. The number of hydrogen-bond acceptors (Lipinski definition) is 2. The first-order valence-electron chi connectivity index (χ1n) is 19.8. The maximum absolute atomic E-state index is 2.44. The molecule has 10 aromatic rings. The Hall–Kier alpha value is -6.74. The molecule has 0 spiro atoms. The Balaban J connectivity index is 1.08. The van der Waals surface area contributed by atoms with E-state index >= 15 is 0 Å². The first kappa shape index (κ1) is 33.6. The molecule has 1 heterocycles. The van der Waals surface area contributed by atoms with Crippen molar-refractivity contribution in [3.8, 4) is 44.5 Å². The summed E-state index contributed by atoms with van der Waals surface area (Å²) >= 11 is 1.87. The average molecular weight is 746 g/mol. The normalized spacial score (nSPS) is 12.9. The number of anilines is 3. The number of para-hydroxylation sites is 1. The smallest absolute Gasteiger partial charge is 0.0540 e. The minimum atomic E-state index is -0.0924. The predicted octanol–water partition coefficient (Wildman–Crippen LogP) is 16.0. The van der Waals surface area contributed by atoms with Crippen molar-refractivity contribution in [3.63, 3.8) is 0 Å². The van der Waals surface area contributed by atoms with Crippen molar-refractivity contribution in [3.05, 3.63) is 211 Å². The molecule has 270 valence electrons. The molecule has 0 N–H and O–H groups in total. The van der Waals surface area contributed by atoms with Crippen molar-refractivity contribution in [1.29, 1.82) is 0 Å². The Labute approximate surface area is 337 Å². The van der Waals surface area contributed by atoms with Gasteiger partial charge in [0.2, 0.25) is 0 Å². The molecule has 0 saturated carbocycles. The van der Waals surface area contributed by atoms with Crippen LogP contribution in [0.1, 0.15) is 25.0 Å². The summed E-state index contributed by atoms with van der Waals surface area (Å²) < 4.78 is 2.62. The molecule has 1 aromatic heterocycles. The summed E-state index contributed by atoms with van der Waals surface area (Å²) in [6, 6.07) is 73.8. The molecule has 57 heavy (non-hydrogen) atoms. The van der Waals surface area contributed by atoms with Gasteiger partial charge in [-0.1, -0.05) is 172 Å². The van der Waals surface area contributed by atoms with E-state index < -0.39 is 0 Å². The molecule has 0 amide bonds. The lowest BCUT2D eigenvalue weighted by Gasteiger charge is -2.29. The Morgan fingerprint density at radius 3 is 1.72 bits per heavy atom. The highest BCUT2D eigenvalue weighted by molar-refractivity contribution is 7.25. The van der Waals surface area contributed by atoms with E-state index in [9.17, 15) is 0 Å². The fourth-order valence-corrected chi connectivity index (χ4v) is 10.6. The molecular formula is C55H39NS. The summed E-state index contributed by atoms with van der Waals surface area (Å²) in [5.41, 5.74) is 16.2. The average Bonchev–Trinajstić information content (AvgIpc) is 3.76. The van der Waals surface area contributed by atoms with Crippen molar-refractivity contribution < 1.29 is 0 Å². The van der Waals surface area contributed by atoms with E-state index in [1.54, 1.807) is 0 Å². The monoisotopic (exact) mass is 745 g/mol. The van der Waals surface area contributed by atoms with Crippen molar-refractivity contribution in [2.45, 2.75) is 19.3 Å². The SMILES string of the molecule is CC1(C)c2ccccc2-c2cccc(-c3ccc(N(c4ccc(-c5cccc6ccccc56)cc4)c4ccccc4-c4cccc5sc6ccccc6c45)cc3)c21. The van der Waals surface area contributed by atoms with E-state index in [1.165, 1.54) is 86.6 Å². The van der Waals surface area contributed by atoms with E-state index in [0.717, 1.165) is 17.1 Å². The van der Waals surface area contributed by atoms with Crippen LogP contribution in [0.5, 0.6) is 0 Å². The highest BCUT2D eigenvalue weighted by atomic mass is 32.1. The van der Waals surface area contributed by atoms with Gasteiger partial charge in [0.15, 0.2) is 0 Å². The van der Waals surface area contributed by atoms with Gasteiger partial charge in [0, 0.05) is 42.5 Å². The van der Waals surface area contributed by atoms with Crippen LogP contribution in [-0.2, 0) is 5.41 Å². The van der Waals surface area contributed by atoms with Gasteiger partial charge in [-0.05, 0) is 103 Å². The Morgan fingerprint density at radius 2 is 0.912 bits per heavy atom. The maximum Gasteiger partial charge on any atom is 0.0540 e. The van der Waals surface area contributed by atoms with Crippen molar-refractivity contribution in [2.75, 3.05) is 4.90 Å². The summed E-state index contributed by atoms with van der Waals surface area (Å²) in [6.07, 6.45) is 0. The predicted molar refractivity (Wildman–Crippen MR) is 245 cm³/mol. The van der Waals surface area contributed by atoms with Crippen molar-refractivity contribution >= 4 is 59.3 Å². The first-order chi connectivity index (χ1) is 28.0.